The van der Waals surface area contributed by atoms with Crippen LogP contribution in [0.2, 0.25) is 0 Å². The highest BCUT2D eigenvalue weighted by molar-refractivity contribution is 5.47. The number of fused-ring (bicyclic) bond motifs is 1. The predicted octanol–water partition coefficient (Wildman–Crippen LogP) is 5.67. The molecule has 3 heteroatoms. The predicted molar refractivity (Wildman–Crippen MR) is 104 cm³/mol. The van der Waals surface area contributed by atoms with Gasteiger partial charge in [-0.05, 0) is 59.1 Å². The van der Waals surface area contributed by atoms with Crippen LogP contribution in [0.1, 0.15) is 66.4 Å². The van der Waals surface area contributed by atoms with Crippen LogP contribution in [0.25, 0.3) is 0 Å². The normalized spacial score (nSPS) is 16.5. The molecule has 0 unspecified atom stereocenters. The molecule has 0 bridgehead atoms. The topological polar surface area (TPSA) is 27.7 Å². The molecule has 0 N–H and O–H groups in total. The maximum absolute atomic E-state index is 5.87. The summed E-state index contributed by atoms with van der Waals surface area (Å²) in [4.78, 5) is 0. The van der Waals surface area contributed by atoms with E-state index in [9.17, 15) is 0 Å². The zero-order valence-electron chi connectivity index (χ0n) is 16.8. The zero-order chi connectivity index (χ0) is 18.5. The van der Waals surface area contributed by atoms with Crippen LogP contribution in [0.4, 0.5) is 0 Å². The molecule has 3 nitrogen and oxygen atoms in total. The fraction of sp³-hybridized carbons (Fsp3) is 0.636. The molecule has 0 atom stereocenters. The summed E-state index contributed by atoms with van der Waals surface area (Å²) in [6, 6.07) is 6.19. The Bertz CT molecular complexity index is 599. The molecule has 0 radical (unpaired) electrons. The zero-order valence-corrected chi connectivity index (χ0v) is 16.8. The summed E-state index contributed by atoms with van der Waals surface area (Å²) in [5.41, 5.74) is 2.71. The van der Waals surface area contributed by atoms with Gasteiger partial charge in [0.15, 0.2) is 0 Å². The smallest absolute Gasteiger partial charge is 0.126 e. The van der Waals surface area contributed by atoms with Crippen molar-refractivity contribution in [2.45, 2.75) is 71.8 Å². The third-order valence-corrected chi connectivity index (χ3v) is 4.84. The van der Waals surface area contributed by atoms with E-state index in [4.69, 9.17) is 14.2 Å². The second-order valence-electron chi connectivity index (χ2n) is 8.24. The minimum atomic E-state index is -0.0241. The lowest BCUT2D eigenvalue weighted by molar-refractivity contribution is -0.0173. The van der Waals surface area contributed by atoms with Crippen molar-refractivity contribution in [3.63, 3.8) is 0 Å². The highest BCUT2D eigenvalue weighted by Gasteiger charge is 2.31. The summed E-state index contributed by atoms with van der Waals surface area (Å²) in [5, 5.41) is 0. The van der Waals surface area contributed by atoms with E-state index in [1.807, 2.05) is 12.1 Å². The van der Waals surface area contributed by atoms with E-state index in [1.165, 1.54) is 11.1 Å². The van der Waals surface area contributed by atoms with Gasteiger partial charge in [-0.15, -0.1) is 0 Å². The van der Waals surface area contributed by atoms with Gasteiger partial charge >= 0.3 is 0 Å². The van der Waals surface area contributed by atoms with E-state index in [2.05, 4.69) is 53.7 Å². The maximum atomic E-state index is 5.87. The van der Waals surface area contributed by atoms with Gasteiger partial charge < -0.3 is 14.2 Å². The number of hydrogen-bond donors (Lipinski definition) is 0. The lowest BCUT2D eigenvalue weighted by Crippen LogP contribution is -2.24. The van der Waals surface area contributed by atoms with E-state index in [1.54, 1.807) is 0 Å². The summed E-state index contributed by atoms with van der Waals surface area (Å²) >= 11 is 0. The number of allylic oxidation sites excluding steroid dienone is 1. The Morgan fingerprint density at radius 1 is 1.32 bits per heavy atom. The summed E-state index contributed by atoms with van der Waals surface area (Å²) in [5.74, 6) is 1.83. The quantitative estimate of drug-likeness (QED) is 0.539. The van der Waals surface area contributed by atoms with Gasteiger partial charge in [-0.2, -0.15) is 0 Å². The van der Waals surface area contributed by atoms with Crippen molar-refractivity contribution in [2.24, 2.45) is 0 Å². The van der Waals surface area contributed by atoms with E-state index in [0.29, 0.717) is 6.61 Å². The minimum absolute atomic E-state index is 0.0241. The Hall–Kier alpha value is -1.48. The number of benzene rings is 1. The Kier molecular flexibility index (Phi) is 6.56. The lowest BCUT2D eigenvalue weighted by Gasteiger charge is -2.24. The summed E-state index contributed by atoms with van der Waals surface area (Å²) in [7, 11) is 0. The second kappa shape index (κ2) is 8.27. The first-order valence-electron chi connectivity index (χ1n) is 9.43. The Balaban J connectivity index is 1.77. The van der Waals surface area contributed by atoms with Crippen molar-refractivity contribution >= 4 is 0 Å². The molecule has 2 rings (SSSR count). The van der Waals surface area contributed by atoms with Gasteiger partial charge in [0.1, 0.15) is 18.1 Å². The van der Waals surface area contributed by atoms with E-state index in [0.717, 1.165) is 44.0 Å². The van der Waals surface area contributed by atoms with Crippen LogP contribution in [0.5, 0.6) is 11.5 Å². The molecular formula is C22H34O3. The van der Waals surface area contributed by atoms with E-state index < -0.39 is 0 Å². The third kappa shape index (κ3) is 5.78. The van der Waals surface area contributed by atoms with Crippen molar-refractivity contribution in [2.75, 3.05) is 19.8 Å². The Labute approximate surface area is 153 Å². The summed E-state index contributed by atoms with van der Waals surface area (Å²) < 4.78 is 17.4. The summed E-state index contributed by atoms with van der Waals surface area (Å²) in [6.07, 6.45) is 5.47. The monoisotopic (exact) mass is 346 g/mol. The SMILES string of the molecule is CCOC(C)(C)CCC/C(C)=C/COc1ccc2c(c1)OCC2(C)C. The molecule has 1 aromatic rings. The molecule has 0 saturated carbocycles. The molecule has 1 heterocycles. The fourth-order valence-corrected chi connectivity index (χ4v) is 3.24. The van der Waals surface area contributed by atoms with Crippen LogP contribution in [0, 0.1) is 0 Å². The van der Waals surface area contributed by atoms with Gasteiger partial charge in [0, 0.05) is 23.7 Å². The molecular weight excluding hydrogens is 312 g/mol. The maximum Gasteiger partial charge on any atom is 0.126 e. The lowest BCUT2D eigenvalue weighted by atomic mass is 9.87. The Morgan fingerprint density at radius 2 is 2.08 bits per heavy atom. The van der Waals surface area contributed by atoms with Gasteiger partial charge in [0.25, 0.3) is 0 Å². The average molecular weight is 347 g/mol. The minimum Gasteiger partial charge on any atom is -0.492 e. The molecule has 1 aliphatic heterocycles. The number of rotatable bonds is 9. The van der Waals surface area contributed by atoms with Gasteiger partial charge in [0.05, 0.1) is 12.2 Å². The van der Waals surface area contributed by atoms with Gasteiger partial charge in [0.2, 0.25) is 0 Å². The van der Waals surface area contributed by atoms with Gasteiger partial charge in [-0.3, -0.25) is 0 Å². The molecule has 0 saturated heterocycles. The fourth-order valence-electron chi connectivity index (χ4n) is 3.24. The molecule has 1 aliphatic rings. The number of ether oxygens (including phenoxy) is 3. The van der Waals surface area contributed by atoms with E-state index >= 15 is 0 Å². The van der Waals surface area contributed by atoms with Crippen molar-refractivity contribution in [3.8, 4) is 11.5 Å². The molecule has 0 spiro atoms. The first-order chi connectivity index (χ1) is 11.7. The molecule has 25 heavy (non-hydrogen) atoms. The average Bonchev–Trinajstić information content (AvgIpc) is 2.82. The van der Waals surface area contributed by atoms with Crippen LogP contribution in [-0.2, 0) is 10.2 Å². The van der Waals surface area contributed by atoms with Crippen molar-refractivity contribution in [1.82, 2.24) is 0 Å². The Morgan fingerprint density at radius 3 is 2.80 bits per heavy atom. The first kappa shape index (κ1) is 19.8. The van der Waals surface area contributed by atoms with Crippen molar-refractivity contribution < 1.29 is 14.2 Å². The standard InChI is InChI=1S/C22H34O3/c1-7-25-22(5,6)13-8-9-17(2)12-14-23-18-10-11-19-20(15-18)24-16-21(19,3)4/h10-12,15H,7-9,13-14,16H2,1-6H3/b17-12+. The van der Waals surface area contributed by atoms with Crippen LogP contribution >= 0.6 is 0 Å². The van der Waals surface area contributed by atoms with Crippen molar-refractivity contribution in [1.29, 1.82) is 0 Å². The van der Waals surface area contributed by atoms with Crippen LogP contribution < -0.4 is 9.47 Å². The van der Waals surface area contributed by atoms with Crippen LogP contribution in [0.15, 0.2) is 29.8 Å². The van der Waals surface area contributed by atoms with Crippen molar-refractivity contribution in [3.05, 3.63) is 35.4 Å². The number of hydrogen-bond acceptors (Lipinski definition) is 3. The molecule has 140 valence electrons. The van der Waals surface area contributed by atoms with Gasteiger partial charge in [-0.1, -0.05) is 25.5 Å². The molecule has 0 aliphatic carbocycles. The second-order valence-corrected chi connectivity index (χ2v) is 8.24. The van der Waals surface area contributed by atoms with E-state index in [-0.39, 0.29) is 11.0 Å². The highest BCUT2D eigenvalue weighted by atomic mass is 16.5. The molecule has 0 amide bonds. The third-order valence-electron chi connectivity index (χ3n) is 4.84. The highest BCUT2D eigenvalue weighted by Crippen LogP contribution is 2.40. The first-order valence-corrected chi connectivity index (χ1v) is 9.43. The molecule has 1 aromatic carbocycles. The largest absolute Gasteiger partial charge is 0.492 e. The van der Waals surface area contributed by atoms with Gasteiger partial charge in [-0.25, -0.2) is 0 Å². The van der Waals surface area contributed by atoms with Crippen LogP contribution in [-0.4, -0.2) is 25.4 Å². The molecule has 0 fully saturated rings. The van der Waals surface area contributed by atoms with Crippen LogP contribution in [0.3, 0.4) is 0 Å². The summed E-state index contributed by atoms with van der Waals surface area (Å²) in [6.45, 7) is 15.1. The molecule has 0 aromatic heterocycles.